The number of nitrogens with one attached hydrogen (secondary N) is 1. The van der Waals surface area contributed by atoms with E-state index in [1.54, 1.807) is 18.4 Å². The van der Waals surface area contributed by atoms with E-state index in [-0.39, 0.29) is 10.8 Å². The van der Waals surface area contributed by atoms with Crippen molar-refractivity contribution in [1.29, 1.82) is 0 Å². The molecule has 0 aliphatic heterocycles. The summed E-state index contributed by atoms with van der Waals surface area (Å²) in [5.41, 5.74) is 1.81. The number of nitrogens with zero attached hydrogens (tertiary/aromatic N) is 4. The molecule has 4 rings (SSSR count). The number of rotatable bonds is 6. The van der Waals surface area contributed by atoms with Crippen LogP contribution in [0.3, 0.4) is 0 Å². The molecule has 0 amide bonds. The first kappa shape index (κ1) is 20.6. The summed E-state index contributed by atoms with van der Waals surface area (Å²) < 4.78 is 7.54. The summed E-state index contributed by atoms with van der Waals surface area (Å²) in [5, 5.41) is 10.2. The number of aromatic amines is 1. The SMILES string of the molecule is CCn1c(SC(C)c2nc3sc(C)c(C)c3c(=O)[nH]2)nnc1-c1ccccc1OC. The zero-order valence-electron chi connectivity index (χ0n) is 17.5. The molecule has 0 aliphatic carbocycles. The number of para-hydroxylation sites is 1. The van der Waals surface area contributed by atoms with Crippen LogP contribution in [0, 0.1) is 13.8 Å². The molecule has 0 saturated carbocycles. The minimum atomic E-state index is -0.0927. The molecule has 3 heterocycles. The van der Waals surface area contributed by atoms with Crippen LogP contribution in [0.1, 0.15) is 35.4 Å². The molecule has 0 saturated heterocycles. The Balaban J connectivity index is 1.69. The van der Waals surface area contributed by atoms with Gasteiger partial charge in [-0.25, -0.2) is 4.98 Å². The van der Waals surface area contributed by atoms with Crippen molar-refractivity contribution in [3.8, 4) is 17.1 Å². The fraction of sp³-hybridized carbons (Fsp3) is 0.333. The van der Waals surface area contributed by atoms with Crippen LogP contribution >= 0.6 is 23.1 Å². The van der Waals surface area contributed by atoms with Crippen molar-refractivity contribution in [2.75, 3.05) is 7.11 Å². The quantitative estimate of drug-likeness (QED) is 0.435. The predicted molar refractivity (Wildman–Crippen MR) is 122 cm³/mol. The third-order valence-electron chi connectivity index (χ3n) is 5.11. The number of ether oxygens (including phenoxy) is 1. The molecular weight excluding hydrogens is 418 g/mol. The summed E-state index contributed by atoms with van der Waals surface area (Å²) in [6.07, 6.45) is 0. The molecular formula is C21H23N5O2S2. The number of aryl methyl sites for hydroxylation is 2. The molecule has 0 radical (unpaired) electrons. The minimum Gasteiger partial charge on any atom is -0.496 e. The number of thiophene rings is 1. The van der Waals surface area contributed by atoms with Crippen molar-refractivity contribution in [3.63, 3.8) is 0 Å². The molecule has 9 heteroatoms. The third kappa shape index (κ3) is 3.52. The maximum Gasteiger partial charge on any atom is 0.259 e. The highest BCUT2D eigenvalue weighted by Crippen LogP contribution is 2.36. The van der Waals surface area contributed by atoms with Gasteiger partial charge in [-0.1, -0.05) is 23.9 Å². The average molecular weight is 442 g/mol. The van der Waals surface area contributed by atoms with Crippen molar-refractivity contribution in [1.82, 2.24) is 24.7 Å². The van der Waals surface area contributed by atoms with Crippen LogP contribution in [0.4, 0.5) is 0 Å². The molecule has 30 heavy (non-hydrogen) atoms. The molecule has 4 aromatic rings. The summed E-state index contributed by atoms with van der Waals surface area (Å²) in [7, 11) is 1.65. The summed E-state index contributed by atoms with van der Waals surface area (Å²) in [4.78, 5) is 22.2. The van der Waals surface area contributed by atoms with Crippen LogP contribution in [-0.2, 0) is 6.54 Å². The van der Waals surface area contributed by atoms with E-state index in [1.807, 2.05) is 45.0 Å². The number of aromatic nitrogens is 5. The second-order valence-electron chi connectivity index (χ2n) is 6.93. The van der Waals surface area contributed by atoms with Gasteiger partial charge in [-0.15, -0.1) is 21.5 Å². The van der Waals surface area contributed by atoms with Crippen molar-refractivity contribution < 1.29 is 4.74 Å². The zero-order chi connectivity index (χ0) is 21.4. The highest BCUT2D eigenvalue weighted by atomic mass is 32.2. The zero-order valence-corrected chi connectivity index (χ0v) is 19.1. The Morgan fingerprint density at radius 3 is 2.77 bits per heavy atom. The van der Waals surface area contributed by atoms with Gasteiger partial charge in [0.05, 0.1) is 23.3 Å². The van der Waals surface area contributed by atoms with Gasteiger partial charge in [-0.3, -0.25) is 4.79 Å². The Morgan fingerprint density at radius 2 is 2.03 bits per heavy atom. The Bertz CT molecular complexity index is 1270. The largest absolute Gasteiger partial charge is 0.496 e. The Kier molecular flexibility index (Phi) is 5.66. The summed E-state index contributed by atoms with van der Waals surface area (Å²) >= 11 is 3.08. The minimum absolute atomic E-state index is 0.0871. The van der Waals surface area contributed by atoms with Crippen LogP contribution in [0.15, 0.2) is 34.2 Å². The number of hydrogen-bond acceptors (Lipinski definition) is 7. The lowest BCUT2D eigenvalue weighted by Crippen LogP contribution is -2.12. The maximum absolute atomic E-state index is 12.6. The molecule has 0 spiro atoms. The first-order valence-electron chi connectivity index (χ1n) is 9.67. The van der Waals surface area contributed by atoms with Gasteiger partial charge in [0.15, 0.2) is 11.0 Å². The molecule has 3 aromatic heterocycles. The van der Waals surface area contributed by atoms with Crippen LogP contribution in [0.5, 0.6) is 5.75 Å². The van der Waals surface area contributed by atoms with Gasteiger partial charge >= 0.3 is 0 Å². The summed E-state index contributed by atoms with van der Waals surface area (Å²) in [5.74, 6) is 2.15. The van der Waals surface area contributed by atoms with E-state index in [9.17, 15) is 4.79 Å². The second kappa shape index (κ2) is 8.23. The van der Waals surface area contributed by atoms with E-state index in [1.165, 1.54) is 11.8 Å². The third-order valence-corrected chi connectivity index (χ3v) is 7.30. The molecule has 156 valence electrons. The lowest BCUT2D eigenvalue weighted by molar-refractivity contribution is 0.416. The van der Waals surface area contributed by atoms with Crippen LogP contribution in [-0.4, -0.2) is 31.8 Å². The highest BCUT2D eigenvalue weighted by molar-refractivity contribution is 7.99. The molecule has 7 nitrogen and oxygen atoms in total. The van der Waals surface area contributed by atoms with Crippen molar-refractivity contribution >= 4 is 33.3 Å². The second-order valence-corrected chi connectivity index (χ2v) is 9.44. The Hall–Kier alpha value is -2.65. The lowest BCUT2D eigenvalue weighted by atomic mass is 10.2. The summed E-state index contributed by atoms with van der Waals surface area (Å²) in [6.45, 7) is 8.76. The molecule has 1 atom stereocenters. The predicted octanol–water partition coefficient (Wildman–Crippen LogP) is 4.74. The van der Waals surface area contributed by atoms with Crippen LogP contribution in [0.2, 0.25) is 0 Å². The van der Waals surface area contributed by atoms with E-state index < -0.39 is 0 Å². The topological polar surface area (TPSA) is 85.7 Å². The van der Waals surface area contributed by atoms with E-state index in [4.69, 9.17) is 9.72 Å². The fourth-order valence-corrected chi connectivity index (χ4v) is 5.37. The number of thioether (sulfide) groups is 1. The maximum atomic E-state index is 12.6. The number of H-pyrrole nitrogens is 1. The fourth-order valence-electron chi connectivity index (χ4n) is 3.37. The molecule has 0 fully saturated rings. The van der Waals surface area contributed by atoms with E-state index >= 15 is 0 Å². The summed E-state index contributed by atoms with van der Waals surface area (Å²) in [6, 6.07) is 7.77. The standard InChI is InChI=1S/C21H23N5O2S2/c1-6-26-18(14-9-7-8-10-15(14)28-5)24-25-21(26)30-13(4)17-22-19(27)16-11(2)12(3)29-20(16)23-17/h7-10,13H,6H2,1-5H3,(H,22,23,27). The Labute approximate surface area is 182 Å². The molecule has 0 aliphatic rings. The van der Waals surface area contributed by atoms with Gasteiger partial charge in [0, 0.05) is 11.4 Å². The normalized spacial score (nSPS) is 12.4. The number of hydrogen-bond donors (Lipinski definition) is 1. The van der Waals surface area contributed by atoms with E-state index in [0.717, 1.165) is 37.6 Å². The van der Waals surface area contributed by atoms with E-state index in [2.05, 4.69) is 26.7 Å². The number of fused-ring (bicyclic) bond motifs is 1. The Morgan fingerprint density at radius 1 is 1.27 bits per heavy atom. The van der Waals surface area contributed by atoms with Gasteiger partial charge in [0.2, 0.25) is 0 Å². The van der Waals surface area contributed by atoms with Gasteiger partial charge in [0.25, 0.3) is 5.56 Å². The van der Waals surface area contributed by atoms with E-state index in [0.29, 0.717) is 17.8 Å². The van der Waals surface area contributed by atoms with Gasteiger partial charge in [-0.05, 0) is 45.4 Å². The van der Waals surface area contributed by atoms with Gasteiger partial charge < -0.3 is 14.3 Å². The van der Waals surface area contributed by atoms with Gasteiger partial charge in [0.1, 0.15) is 16.4 Å². The van der Waals surface area contributed by atoms with Crippen molar-refractivity contribution in [2.24, 2.45) is 0 Å². The van der Waals surface area contributed by atoms with Crippen LogP contribution < -0.4 is 10.3 Å². The highest BCUT2D eigenvalue weighted by Gasteiger charge is 2.21. The van der Waals surface area contributed by atoms with Gasteiger partial charge in [-0.2, -0.15) is 0 Å². The lowest BCUT2D eigenvalue weighted by Gasteiger charge is -2.13. The average Bonchev–Trinajstić information content (AvgIpc) is 3.27. The number of benzene rings is 1. The van der Waals surface area contributed by atoms with Crippen LogP contribution in [0.25, 0.3) is 21.6 Å². The molecule has 0 bridgehead atoms. The van der Waals surface area contributed by atoms with Crippen molar-refractivity contribution in [2.45, 2.75) is 44.6 Å². The molecule has 1 N–H and O–H groups in total. The molecule has 1 unspecified atom stereocenters. The van der Waals surface area contributed by atoms with Crippen molar-refractivity contribution in [3.05, 3.63) is 50.9 Å². The number of methoxy groups -OCH3 is 1. The first-order valence-corrected chi connectivity index (χ1v) is 11.4. The molecule has 1 aromatic carbocycles. The first-order chi connectivity index (χ1) is 14.4. The monoisotopic (exact) mass is 441 g/mol. The smallest absolute Gasteiger partial charge is 0.259 e.